The molecule has 1 aromatic carbocycles. The molecule has 4 N–H and O–H groups in total. The molecule has 0 aliphatic carbocycles. The molecule has 0 heterocycles. The molecule has 0 amide bonds. The van der Waals surface area contributed by atoms with Crippen molar-refractivity contribution in [2.24, 2.45) is 5.73 Å². The van der Waals surface area contributed by atoms with Crippen LogP contribution in [0, 0.1) is 5.82 Å². The van der Waals surface area contributed by atoms with Gasteiger partial charge in [-0.25, -0.2) is 18.0 Å². The molecule has 0 bridgehead atoms. The smallest absolute Gasteiger partial charge is 0.339 e. The van der Waals surface area contributed by atoms with E-state index in [0.717, 1.165) is 0 Å². The van der Waals surface area contributed by atoms with E-state index in [1.165, 1.54) is 0 Å². The van der Waals surface area contributed by atoms with Crippen LogP contribution in [0.5, 0.6) is 5.75 Å². The number of hydrogen-bond acceptors (Lipinski definition) is 3. The summed E-state index contributed by atoms with van der Waals surface area (Å²) in [5, 5.41) is 17.9. The third-order valence-electron chi connectivity index (χ3n) is 1.97. The van der Waals surface area contributed by atoms with E-state index in [0.29, 0.717) is 12.1 Å². The average Bonchev–Trinajstić information content (AvgIpc) is 2.19. The number of aromatic carboxylic acids is 1. The molecule has 1 rings (SSSR count). The maximum Gasteiger partial charge on any atom is 0.339 e. The summed E-state index contributed by atoms with van der Waals surface area (Å²) in [5.74, 6) is -3.62. The fraction of sp³-hybridized carbons (Fsp3) is 0.222. The predicted octanol–water partition coefficient (Wildman–Crippen LogP) is 1.92. The van der Waals surface area contributed by atoms with Crippen LogP contribution >= 0.6 is 12.4 Å². The minimum atomic E-state index is -3.03. The molecule has 0 aliphatic rings. The fourth-order valence-electron chi connectivity index (χ4n) is 1.17. The minimum absolute atomic E-state index is 0. The predicted molar refractivity (Wildman–Crippen MR) is 55.2 cm³/mol. The summed E-state index contributed by atoms with van der Waals surface area (Å²) in [6, 6.07) is -0.827. The number of hydrogen-bond donors (Lipinski definition) is 3. The molecule has 1 atom stereocenters. The van der Waals surface area contributed by atoms with E-state index in [4.69, 9.17) is 10.8 Å². The van der Waals surface area contributed by atoms with E-state index in [1.54, 1.807) is 0 Å². The second kappa shape index (κ2) is 5.74. The van der Waals surface area contributed by atoms with Crippen molar-refractivity contribution >= 4 is 18.4 Å². The zero-order valence-electron chi connectivity index (χ0n) is 8.23. The molecule has 0 saturated carbocycles. The lowest BCUT2D eigenvalue weighted by Crippen LogP contribution is -2.20. The lowest BCUT2D eigenvalue weighted by atomic mass is 10.0. The van der Waals surface area contributed by atoms with Gasteiger partial charge in [-0.2, -0.15) is 0 Å². The van der Waals surface area contributed by atoms with E-state index in [9.17, 15) is 23.1 Å². The molecule has 0 unspecified atom stereocenters. The Morgan fingerprint density at radius 3 is 2.29 bits per heavy atom. The highest BCUT2D eigenvalue weighted by atomic mass is 35.5. The molecular weight excluding hydrogens is 263 g/mol. The number of carboxylic acid groups (broad SMARTS) is 1. The van der Waals surface area contributed by atoms with Crippen LogP contribution in [0.2, 0.25) is 0 Å². The zero-order chi connectivity index (χ0) is 12.5. The van der Waals surface area contributed by atoms with Gasteiger partial charge in [-0.05, 0) is 12.1 Å². The number of rotatable bonds is 3. The summed E-state index contributed by atoms with van der Waals surface area (Å²) in [6.07, 6.45) is -3.03. The molecule has 0 aromatic heterocycles. The first kappa shape index (κ1) is 15.5. The van der Waals surface area contributed by atoms with E-state index < -0.39 is 41.1 Å². The Bertz CT molecular complexity index is 428. The highest BCUT2D eigenvalue weighted by molar-refractivity contribution is 5.91. The SMILES string of the molecule is Cl.N[C@@H](c1cc(F)cc(C(=O)O)c1O)C(F)F. The van der Waals surface area contributed by atoms with E-state index in [1.807, 2.05) is 0 Å². The molecule has 0 aliphatic heterocycles. The zero-order valence-corrected chi connectivity index (χ0v) is 9.05. The standard InChI is InChI=1S/C9H8F3NO3.ClH/c10-3-1-4(6(13)8(11)12)7(14)5(2-3)9(15)16;/h1-2,6,8,14H,13H2,(H,15,16);1H/t6-;/m0./s1. The topological polar surface area (TPSA) is 83.6 Å². The number of halogens is 4. The number of carbonyl (C=O) groups is 1. The highest BCUT2D eigenvalue weighted by Crippen LogP contribution is 2.31. The van der Waals surface area contributed by atoms with E-state index >= 15 is 0 Å². The summed E-state index contributed by atoms with van der Waals surface area (Å²) in [5.41, 5.74) is 3.57. The van der Waals surface area contributed by atoms with Gasteiger partial charge in [0, 0.05) is 5.56 Å². The molecule has 4 nitrogen and oxygen atoms in total. The number of benzene rings is 1. The minimum Gasteiger partial charge on any atom is -0.507 e. The molecule has 0 saturated heterocycles. The van der Waals surface area contributed by atoms with Crippen molar-refractivity contribution < 1.29 is 28.2 Å². The van der Waals surface area contributed by atoms with Gasteiger partial charge in [-0.15, -0.1) is 12.4 Å². The fourth-order valence-corrected chi connectivity index (χ4v) is 1.17. The van der Waals surface area contributed by atoms with Crippen molar-refractivity contribution in [3.05, 3.63) is 29.1 Å². The Hall–Kier alpha value is -1.47. The third kappa shape index (κ3) is 3.24. The van der Waals surface area contributed by atoms with Gasteiger partial charge in [0.25, 0.3) is 6.43 Å². The molecule has 17 heavy (non-hydrogen) atoms. The Balaban J connectivity index is 0.00000256. The van der Waals surface area contributed by atoms with Gasteiger partial charge in [0.1, 0.15) is 17.1 Å². The lowest BCUT2D eigenvalue weighted by Gasteiger charge is -2.14. The largest absolute Gasteiger partial charge is 0.507 e. The molecule has 8 heteroatoms. The van der Waals surface area contributed by atoms with Crippen molar-refractivity contribution in [3.63, 3.8) is 0 Å². The van der Waals surface area contributed by atoms with Gasteiger partial charge in [0.15, 0.2) is 0 Å². The first-order valence-electron chi connectivity index (χ1n) is 4.14. The van der Waals surface area contributed by atoms with Gasteiger partial charge in [-0.1, -0.05) is 0 Å². The molecule has 0 radical (unpaired) electrons. The Morgan fingerprint density at radius 2 is 1.88 bits per heavy atom. The maximum atomic E-state index is 12.9. The van der Waals surface area contributed by atoms with Crippen LogP contribution in [0.4, 0.5) is 13.2 Å². The number of carboxylic acids is 1. The van der Waals surface area contributed by atoms with Crippen LogP contribution in [-0.4, -0.2) is 22.6 Å². The molecule has 96 valence electrons. The van der Waals surface area contributed by atoms with Crippen LogP contribution in [0.3, 0.4) is 0 Å². The average molecular weight is 272 g/mol. The van der Waals surface area contributed by atoms with Crippen molar-refractivity contribution in [2.75, 3.05) is 0 Å². The summed E-state index contributed by atoms with van der Waals surface area (Å²) >= 11 is 0. The Kier molecular flexibility index (Phi) is 5.24. The van der Waals surface area contributed by atoms with Crippen LogP contribution < -0.4 is 5.73 Å². The van der Waals surface area contributed by atoms with Crippen LogP contribution in [0.25, 0.3) is 0 Å². The number of alkyl halides is 2. The van der Waals surface area contributed by atoms with Crippen molar-refractivity contribution in [3.8, 4) is 5.75 Å². The van der Waals surface area contributed by atoms with E-state index in [2.05, 4.69) is 0 Å². The van der Waals surface area contributed by atoms with Gasteiger partial charge in [0.05, 0.1) is 6.04 Å². The first-order valence-corrected chi connectivity index (χ1v) is 4.14. The van der Waals surface area contributed by atoms with Crippen molar-refractivity contribution in [1.29, 1.82) is 0 Å². The quantitative estimate of drug-likeness (QED) is 0.784. The van der Waals surface area contributed by atoms with Gasteiger partial charge < -0.3 is 15.9 Å². The van der Waals surface area contributed by atoms with Crippen LogP contribution in [0.1, 0.15) is 22.0 Å². The van der Waals surface area contributed by atoms with Crippen molar-refractivity contribution in [2.45, 2.75) is 12.5 Å². The second-order valence-corrected chi connectivity index (χ2v) is 3.06. The van der Waals surface area contributed by atoms with Crippen LogP contribution in [0.15, 0.2) is 12.1 Å². The van der Waals surface area contributed by atoms with Gasteiger partial charge in [-0.3, -0.25) is 0 Å². The molecule has 0 fully saturated rings. The number of aromatic hydroxyl groups is 1. The number of phenols is 1. The van der Waals surface area contributed by atoms with Crippen molar-refractivity contribution in [1.82, 2.24) is 0 Å². The van der Waals surface area contributed by atoms with E-state index in [-0.39, 0.29) is 12.4 Å². The Morgan fingerprint density at radius 1 is 1.35 bits per heavy atom. The summed E-state index contributed by atoms with van der Waals surface area (Å²) in [4.78, 5) is 10.6. The second-order valence-electron chi connectivity index (χ2n) is 3.06. The Labute approximate surface area is 100 Å². The highest BCUT2D eigenvalue weighted by Gasteiger charge is 2.25. The number of nitrogens with two attached hydrogens (primary N) is 1. The maximum absolute atomic E-state index is 12.9. The normalized spacial score (nSPS) is 12.1. The van der Waals surface area contributed by atoms with Gasteiger partial charge >= 0.3 is 5.97 Å². The summed E-state index contributed by atoms with van der Waals surface area (Å²) < 4.78 is 37.4. The molecule has 1 aromatic rings. The summed E-state index contributed by atoms with van der Waals surface area (Å²) in [6.45, 7) is 0. The monoisotopic (exact) mass is 271 g/mol. The third-order valence-corrected chi connectivity index (χ3v) is 1.97. The lowest BCUT2D eigenvalue weighted by molar-refractivity contribution is 0.0691. The molecule has 0 spiro atoms. The molecular formula is C9H9ClF3NO3. The van der Waals surface area contributed by atoms with Gasteiger partial charge in [0.2, 0.25) is 0 Å². The van der Waals surface area contributed by atoms with Crippen LogP contribution in [-0.2, 0) is 0 Å². The first-order chi connectivity index (χ1) is 7.34. The summed E-state index contributed by atoms with van der Waals surface area (Å²) in [7, 11) is 0.